The zero-order valence-electron chi connectivity index (χ0n) is 20.4. The number of ether oxygens (including phenoxy) is 1. The standard InChI is InChI=1S/C24H22F2N4O2/c1-24(2,27)10-9-13-7-8-15-16(11-13)30-17-12-18(21(30)28-15)29(3)22(31)14-5-4-6-19(20(14)17)32-23(25)26/h4-8,11,17-18,23H,12,27H2,1-3H3/t17-,18-/m1/s1/i3D3. The number of halogens is 2. The molecule has 3 heterocycles. The molecule has 5 rings (SSSR count). The molecule has 2 atom stereocenters. The molecule has 3 aromatic rings. The molecule has 164 valence electrons. The van der Waals surface area contributed by atoms with Gasteiger partial charge in [-0.25, -0.2) is 4.98 Å². The van der Waals surface area contributed by atoms with Crippen LogP contribution in [0, 0.1) is 11.8 Å². The van der Waals surface area contributed by atoms with Gasteiger partial charge in [0.1, 0.15) is 11.6 Å². The van der Waals surface area contributed by atoms with Gasteiger partial charge in [0.2, 0.25) is 0 Å². The van der Waals surface area contributed by atoms with E-state index >= 15 is 0 Å². The number of carbonyl (C=O) groups excluding carboxylic acids is 1. The van der Waals surface area contributed by atoms with Crippen molar-refractivity contribution in [2.45, 2.75) is 44.5 Å². The quantitative estimate of drug-likeness (QED) is 0.616. The number of alkyl halides is 2. The van der Waals surface area contributed by atoms with E-state index in [2.05, 4.69) is 16.8 Å². The molecule has 0 aliphatic carbocycles. The van der Waals surface area contributed by atoms with E-state index in [1.165, 1.54) is 18.2 Å². The highest BCUT2D eigenvalue weighted by atomic mass is 19.3. The number of rotatable bonds is 2. The third-order valence-electron chi connectivity index (χ3n) is 5.68. The van der Waals surface area contributed by atoms with Gasteiger partial charge in [-0.2, -0.15) is 8.78 Å². The van der Waals surface area contributed by atoms with Crippen molar-refractivity contribution in [3.8, 4) is 17.6 Å². The summed E-state index contributed by atoms with van der Waals surface area (Å²) in [5.74, 6) is 5.42. The van der Waals surface area contributed by atoms with Crippen molar-refractivity contribution >= 4 is 16.9 Å². The van der Waals surface area contributed by atoms with Crippen LogP contribution in [-0.2, 0) is 0 Å². The fraction of sp³-hybridized carbons (Fsp3) is 0.333. The van der Waals surface area contributed by atoms with Crippen molar-refractivity contribution in [3.05, 3.63) is 58.9 Å². The lowest BCUT2D eigenvalue weighted by atomic mass is 9.97. The van der Waals surface area contributed by atoms with Crippen molar-refractivity contribution in [2.24, 2.45) is 5.73 Å². The third kappa shape index (κ3) is 3.21. The van der Waals surface area contributed by atoms with Crippen LogP contribution < -0.4 is 10.5 Å². The lowest BCUT2D eigenvalue weighted by Crippen LogP contribution is -2.30. The lowest BCUT2D eigenvalue weighted by molar-refractivity contribution is -0.0507. The van der Waals surface area contributed by atoms with Crippen molar-refractivity contribution < 1.29 is 22.4 Å². The zero-order chi connectivity index (χ0) is 25.3. The summed E-state index contributed by atoms with van der Waals surface area (Å²) < 4.78 is 57.3. The van der Waals surface area contributed by atoms with Crippen molar-refractivity contribution in [1.29, 1.82) is 0 Å². The second kappa shape index (κ2) is 7.04. The van der Waals surface area contributed by atoms with E-state index in [-0.39, 0.29) is 23.3 Å². The minimum Gasteiger partial charge on any atom is -0.434 e. The molecule has 0 saturated heterocycles. The minimum absolute atomic E-state index is 0.0140. The fourth-order valence-electron chi connectivity index (χ4n) is 4.42. The molecule has 1 amide bonds. The molecular formula is C24H22F2N4O2. The minimum atomic E-state index is -3.11. The van der Waals surface area contributed by atoms with E-state index in [0.717, 1.165) is 4.90 Å². The van der Waals surface area contributed by atoms with Crippen LogP contribution in [0.1, 0.15) is 63.8 Å². The molecule has 0 fully saturated rings. The van der Waals surface area contributed by atoms with Crippen LogP contribution in [0.25, 0.3) is 11.0 Å². The average molecular weight is 439 g/mol. The highest BCUT2D eigenvalue weighted by Crippen LogP contribution is 2.49. The van der Waals surface area contributed by atoms with Gasteiger partial charge in [-0.3, -0.25) is 4.79 Å². The van der Waals surface area contributed by atoms with Crippen LogP contribution in [0.2, 0.25) is 0 Å². The van der Waals surface area contributed by atoms with E-state index in [1.807, 2.05) is 0 Å². The molecule has 0 radical (unpaired) electrons. The molecule has 2 N–H and O–H groups in total. The number of carbonyl (C=O) groups is 1. The molecule has 0 unspecified atom stereocenters. The first-order valence-electron chi connectivity index (χ1n) is 11.6. The van der Waals surface area contributed by atoms with Gasteiger partial charge in [-0.1, -0.05) is 17.9 Å². The maximum atomic E-state index is 13.4. The second-order valence-corrected chi connectivity index (χ2v) is 8.55. The predicted octanol–water partition coefficient (Wildman–Crippen LogP) is 3.85. The number of aromatic nitrogens is 2. The predicted molar refractivity (Wildman–Crippen MR) is 116 cm³/mol. The lowest BCUT2D eigenvalue weighted by Gasteiger charge is -2.24. The SMILES string of the molecule is [2H]C([2H])([2H])N1C(=O)c2cccc(OC(F)F)c2[C@H]2C[C@@H]1c1nc3ccc(C#CC(C)(C)N)cc3n12. The summed E-state index contributed by atoms with van der Waals surface area (Å²) in [5.41, 5.74) is 7.38. The summed E-state index contributed by atoms with van der Waals surface area (Å²) in [6.07, 6.45) is 0.157. The fourth-order valence-corrected chi connectivity index (χ4v) is 4.42. The molecule has 0 saturated carbocycles. The monoisotopic (exact) mass is 439 g/mol. The summed E-state index contributed by atoms with van der Waals surface area (Å²) in [7, 11) is 0. The summed E-state index contributed by atoms with van der Waals surface area (Å²) >= 11 is 0. The Morgan fingerprint density at radius 3 is 2.84 bits per heavy atom. The van der Waals surface area contributed by atoms with E-state index < -0.39 is 37.1 Å². The first kappa shape index (κ1) is 17.2. The molecule has 8 heteroatoms. The largest absolute Gasteiger partial charge is 0.434 e. The Morgan fingerprint density at radius 2 is 2.12 bits per heavy atom. The Morgan fingerprint density at radius 1 is 1.31 bits per heavy atom. The summed E-state index contributed by atoms with van der Waals surface area (Å²) in [6, 6.07) is 8.01. The van der Waals surface area contributed by atoms with Crippen LogP contribution in [0.15, 0.2) is 36.4 Å². The Kier molecular flexibility index (Phi) is 3.77. The van der Waals surface area contributed by atoms with E-state index in [1.54, 1.807) is 36.6 Å². The summed E-state index contributed by atoms with van der Waals surface area (Å²) in [5, 5.41) is 0. The average Bonchev–Trinajstić information content (AvgIpc) is 3.23. The number of fused-ring (bicyclic) bond motifs is 9. The Balaban J connectivity index is 1.78. The van der Waals surface area contributed by atoms with Crippen molar-refractivity contribution in [3.63, 3.8) is 0 Å². The number of imidazole rings is 1. The van der Waals surface area contributed by atoms with Gasteiger partial charge in [-0.05, 0) is 44.2 Å². The van der Waals surface area contributed by atoms with Crippen LogP contribution in [0.4, 0.5) is 8.78 Å². The highest BCUT2D eigenvalue weighted by Gasteiger charge is 2.44. The first-order valence-corrected chi connectivity index (χ1v) is 10.1. The summed E-state index contributed by atoms with van der Waals surface area (Å²) in [6.45, 7) is -2.33. The zero-order valence-corrected chi connectivity index (χ0v) is 17.4. The maximum Gasteiger partial charge on any atom is 0.387 e. The topological polar surface area (TPSA) is 73.4 Å². The van der Waals surface area contributed by atoms with Gasteiger partial charge in [0, 0.05) is 34.2 Å². The molecule has 2 bridgehead atoms. The van der Waals surface area contributed by atoms with E-state index in [4.69, 9.17) is 14.6 Å². The Hall–Kier alpha value is -3.44. The van der Waals surface area contributed by atoms with Gasteiger partial charge in [-0.15, -0.1) is 0 Å². The molecular weight excluding hydrogens is 414 g/mol. The Bertz CT molecular complexity index is 1420. The number of nitrogens with two attached hydrogens (primary N) is 1. The van der Waals surface area contributed by atoms with Gasteiger partial charge < -0.3 is 19.9 Å². The molecule has 2 aliphatic heterocycles. The number of amides is 1. The van der Waals surface area contributed by atoms with E-state index in [9.17, 15) is 13.6 Å². The van der Waals surface area contributed by atoms with Gasteiger partial charge >= 0.3 is 6.61 Å². The molecule has 1 aromatic heterocycles. The van der Waals surface area contributed by atoms with Crippen LogP contribution >= 0.6 is 0 Å². The van der Waals surface area contributed by atoms with Gasteiger partial charge in [0.05, 0.1) is 28.7 Å². The van der Waals surface area contributed by atoms with Gasteiger partial charge in [0.25, 0.3) is 5.91 Å². The third-order valence-corrected chi connectivity index (χ3v) is 5.68. The number of hydrogen-bond acceptors (Lipinski definition) is 4. The van der Waals surface area contributed by atoms with Crippen LogP contribution in [-0.4, -0.2) is 39.5 Å². The molecule has 0 spiro atoms. The van der Waals surface area contributed by atoms with Gasteiger partial charge in [0.15, 0.2) is 0 Å². The smallest absolute Gasteiger partial charge is 0.387 e. The first-order chi connectivity index (χ1) is 16.3. The van der Waals surface area contributed by atoms with E-state index in [0.29, 0.717) is 22.4 Å². The molecule has 2 aromatic carbocycles. The number of benzene rings is 2. The number of hydrogen-bond donors (Lipinski definition) is 1. The molecule has 6 nitrogen and oxygen atoms in total. The number of nitrogens with zero attached hydrogens (tertiary/aromatic N) is 3. The molecule has 2 aliphatic rings. The van der Waals surface area contributed by atoms with Crippen molar-refractivity contribution in [2.75, 3.05) is 6.98 Å². The van der Waals surface area contributed by atoms with Crippen LogP contribution in [0.3, 0.4) is 0 Å². The normalized spacial score (nSPS) is 21.2. The molecule has 32 heavy (non-hydrogen) atoms. The highest BCUT2D eigenvalue weighted by molar-refractivity contribution is 5.97. The summed E-state index contributed by atoms with van der Waals surface area (Å²) in [4.78, 5) is 18.9. The van der Waals surface area contributed by atoms with Crippen LogP contribution in [0.5, 0.6) is 5.75 Å². The maximum absolute atomic E-state index is 13.4. The second-order valence-electron chi connectivity index (χ2n) is 8.55. The Labute approximate surface area is 188 Å². The van der Waals surface area contributed by atoms with Crippen molar-refractivity contribution in [1.82, 2.24) is 14.5 Å².